The Kier molecular flexibility index (Phi) is 15.3. The molecule has 7 heteroatoms. The zero-order valence-electron chi connectivity index (χ0n) is 16.0. The van der Waals surface area contributed by atoms with Gasteiger partial charge in [0.2, 0.25) is 11.4 Å². The Morgan fingerprint density at radius 1 is 0.852 bits per heavy atom. The van der Waals surface area contributed by atoms with Crippen LogP contribution in [-0.4, -0.2) is 16.1 Å². The van der Waals surface area contributed by atoms with Crippen LogP contribution in [0.5, 0.6) is 0 Å². The summed E-state index contributed by atoms with van der Waals surface area (Å²) in [4.78, 5) is 31.2. The molecule has 0 saturated heterocycles. The van der Waals surface area contributed by atoms with Crippen molar-refractivity contribution < 1.29 is 14.6 Å². The average molecular weight is 377 g/mol. The molecule has 0 fully saturated rings. The summed E-state index contributed by atoms with van der Waals surface area (Å²) in [6, 6.07) is 0. The van der Waals surface area contributed by atoms with Crippen molar-refractivity contribution in [3.8, 4) is 0 Å². The zero-order chi connectivity index (χ0) is 20.3. The van der Waals surface area contributed by atoms with Gasteiger partial charge in [-0.15, -0.1) is 0 Å². The van der Waals surface area contributed by atoms with Crippen molar-refractivity contribution in [3.63, 3.8) is 0 Å². The first-order chi connectivity index (χ1) is 13.0. The number of hydrogen-bond acceptors (Lipinski definition) is 5. The number of unbranched alkanes of at least 4 members (excludes halogenated alkanes) is 5. The zero-order valence-corrected chi connectivity index (χ0v) is 16.0. The first kappa shape index (κ1) is 24.4. The second-order valence-corrected chi connectivity index (χ2v) is 6.00. The van der Waals surface area contributed by atoms with Gasteiger partial charge in [0.15, 0.2) is 6.29 Å². The summed E-state index contributed by atoms with van der Waals surface area (Å²) in [5, 5.41) is 22.1. The Morgan fingerprint density at radius 2 is 1.41 bits per heavy atom. The second-order valence-electron chi connectivity index (χ2n) is 6.00. The lowest BCUT2D eigenvalue weighted by Gasteiger charge is -1.97. The monoisotopic (exact) mass is 377 g/mol. The fraction of sp³-hybridized carbons (Fsp3) is 0.550. The lowest BCUT2D eigenvalue weighted by Crippen LogP contribution is -1.99. The predicted octanol–water partition coefficient (Wildman–Crippen LogP) is 5.45. The molecule has 0 rings (SSSR count). The highest BCUT2D eigenvalue weighted by Gasteiger charge is 2.10. The van der Waals surface area contributed by atoms with Gasteiger partial charge in [0.05, 0.1) is 22.7 Å². The predicted molar refractivity (Wildman–Crippen MR) is 106 cm³/mol. The van der Waals surface area contributed by atoms with Crippen molar-refractivity contribution in [2.24, 2.45) is 0 Å². The van der Waals surface area contributed by atoms with Gasteiger partial charge < -0.3 is 0 Å². The minimum atomic E-state index is -0.452. The van der Waals surface area contributed by atoms with Gasteiger partial charge in [-0.3, -0.25) is 25.0 Å². The molecule has 149 valence electrons. The Balaban J connectivity index is 4.44. The van der Waals surface area contributed by atoms with E-state index in [1.165, 1.54) is 12.2 Å². The molecule has 0 aliphatic rings. The highest BCUT2D eigenvalue weighted by molar-refractivity contribution is 5.50. The van der Waals surface area contributed by atoms with E-state index in [1.807, 2.05) is 25.4 Å². The van der Waals surface area contributed by atoms with Crippen LogP contribution in [0.15, 0.2) is 47.9 Å². The van der Waals surface area contributed by atoms with Gasteiger partial charge in [0.25, 0.3) is 0 Å². The molecule has 0 aromatic rings. The Morgan fingerprint density at radius 3 is 1.93 bits per heavy atom. The molecule has 0 aromatic carbocycles. The van der Waals surface area contributed by atoms with Gasteiger partial charge in [-0.2, -0.15) is 0 Å². The third-order valence-electron chi connectivity index (χ3n) is 3.80. The van der Waals surface area contributed by atoms with Crippen molar-refractivity contribution in [1.29, 1.82) is 0 Å². The standard InChI is InChI=1S/C20H29N2O5/c1-2-3-10-14-19(21(24)25)16-13-17-20(22(26)27)15-11-8-6-4-5-7-9-12-18-23/h3,8,10-11,16-17H,2,4-7,9,12-15H2,1H3/b10-3-,11-8-,19-16+,20-17+. The molecule has 0 heterocycles. The molecule has 0 aromatic heterocycles. The maximum atomic E-state index is 11.1. The van der Waals surface area contributed by atoms with Crippen LogP contribution in [-0.2, 0) is 4.79 Å². The lowest BCUT2D eigenvalue weighted by molar-refractivity contribution is -0.427. The molecule has 7 nitrogen and oxygen atoms in total. The van der Waals surface area contributed by atoms with E-state index in [0.717, 1.165) is 38.5 Å². The maximum Gasteiger partial charge on any atom is 0.246 e. The van der Waals surface area contributed by atoms with Crippen LogP contribution >= 0.6 is 0 Å². The van der Waals surface area contributed by atoms with Gasteiger partial charge in [-0.05, 0) is 44.3 Å². The van der Waals surface area contributed by atoms with E-state index in [0.29, 0.717) is 6.42 Å². The number of carbonyl (C=O) groups excluding carboxylic acids is 1. The summed E-state index contributed by atoms with van der Waals surface area (Å²) < 4.78 is 0. The minimum absolute atomic E-state index is 0.0378. The molecule has 0 spiro atoms. The van der Waals surface area contributed by atoms with Gasteiger partial charge in [0.1, 0.15) is 0 Å². The third-order valence-corrected chi connectivity index (χ3v) is 3.80. The van der Waals surface area contributed by atoms with Crippen LogP contribution in [0.25, 0.3) is 0 Å². The molecule has 0 atom stereocenters. The van der Waals surface area contributed by atoms with Crippen molar-refractivity contribution in [3.05, 3.63) is 68.1 Å². The van der Waals surface area contributed by atoms with E-state index in [2.05, 4.69) is 0 Å². The van der Waals surface area contributed by atoms with Crippen molar-refractivity contribution in [2.45, 2.75) is 71.1 Å². The number of allylic oxidation sites excluding steroid dienone is 6. The third kappa shape index (κ3) is 14.3. The van der Waals surface area contributed by atoms with Crippen LogP contribution in [0.1, 0.15) is 71.1 Å². The van der Waals surface area contributed by atoms with Crippen molar-refractivity contribution >= 4 is 6.29 Å². The molecular weight excluding hydrogens is 348 g/mol. The summed E-state index contributed by atoms with van der Waals surface area (Å²) in [5.41, 5.74) is 0.0807. The molecule has 0 saturated carbocycles. The highest BCUT2D eigenvalue weighted by atomic mass is 16.6. The van der Waals surface area contributed by atoms with E-state index in [9.17, 15) is 25.0 Å². The van der Waals surface area contributed by atoms with Crippen LogP contribution in [0.3, 0.4) is 0 Å². The van der Waals surface area contributed by atoms with Crippen LogP contribution in [0.2, 0.25) is 0 Å². The molecule has 0 amide bonds. The lowest BCUT2D eigenvalue weighted by atomic mass is 10.1. The van der Waals surface area contributed by atoms with Crippen molar-refractivity contribution in [1.82, 2.24) is 0 Å². The first-order valence-corrected chi connectivity index (χ1v) is 9.34. The fourth-order valence-electron chi connectivity index (χ4n) is 2.30. The van der Waals surface area contributed by atoms with E-state index in [-0.39, 0.29) is 30.7 Å². The summed E-state index contributed by atoms with van der Waals surface area (Å²) in [5.74, 6) is 0. The van der Waals surface area contributed by atoms with E-state index < -0.39 is 9.85 Å². The number of nitrogens with zero attached hydrogens (tertiary/aromatic N) is 2. The Bertz CT molecular complexity index is 577. The van der Waals surface area contributed by atoms with Crippen LogP contribution in [0.4, 0.5) is 0 Å². The van der Waals surface area contributed by atoms with Gasteiger partial charge >= 0.3 is 0 Å². The molecule has 0 N–H and O–H groups in total. The van der Waals surface area contributed by atoms with Gasteiger partial charge in [-0.1, -0.05) is 44.1 Å². The summed E-state index contributed by atoms with van der Waals surface area (Å²) in [6.45, 7) is 1.94. The van der Waals surface area contributed by atoms with Crippen molar-refractivity contribution in [2.75, 3.05) is 0 Å². The smallest absolute Gasteiger partial charge is 0.246 e. The largest absolute Gasteiger partial charge is 0.291 e. The average Bonchev–Trinajstić information content (AvgIpc) is 2.63. The maximum absolute atomic E-state index is 11.1. The highest BCUT2D eigenvalue weighted by Crippen LogP contribution is 2.11. The molecule has 0 aliphatic carbocycles. The molecule has 0 aliphatic heterocycles. The number of nitro groups is 2. The normalized spacial score (nSPS) is 12.8. The summed E-state index contributed by atoms with van der Waals surface area (Å²) >= 11 is 0. The second kappa shape index (κ2) is 16.9. The summed E-state index contributed by atoms with van der Waals surface area (Å²) in [6.07, 6.45) is 18.5. The SMILES string of the molecule is CC/C=C\C/C(=C\C/C=C(\C/C=C\CCCCCC[C]=O)[N+](=O)[O-])[N+](=O)[O-]. The quantitative estimate of drug-likeness (QED) is 0.154. The van der Waals surface area contributed by atoms with Gasteiger partial charge in [0, 0.05) is 6.42 Å². The van der Waals surface area contributed by atoms with E-state index in [4.69, 9.17) is 0 Å². The minimum Gasteiger partial charge on any atom is -0.291 e. The van der Waals surface area contributed by atoms with Crippen LogP contribution < -0.4 is 0 Å². The Labute approximate surface area is 160 Å². The van der Waals surface area contributed by atoms with Crippen LogP contribution in [0, 0.1) is 20.2 Å². The molecule has 1 radical (unpaired) electrons. The van der Waals surface area contributed by atoms with E-state index in [1.54, 1.807) is 12.2 Å². The van der Waals surface area contributed by atoms with E-state index >= 15 is 0 Å². The summed E-state index contributed by atoms with van der Waals surface area (Å²) in [7, 11) is 0. The number of hydrogen-bond donors (Lipinski definition) is 0. The number of rotatable bonds is 16. The topological polar surface area (TPSA) is 103 Å². The molecular formula is C20H29N2O5. The molecule has 0 unspecified atom stereocenters. The molecule has 0 bridgehead atoms. The van der Waals surface area contributed by atoms with Gasteiger partial charge in [-0.25, -0.2) is 0 Å². The Hall–Kier alpha value is -2.57. The fourth-order valence-corrected chi connectivity index (χ4v) is 2.30. The first-order valence-electron chi connectivity index (χ1n) is 9.34. The molecule has 27 heavy (non-hydrogen) atoms.